The average molecular weight is 466 g/mol. The number of fused-ring (bicyclic) bond motifs is 8. The minimum Gasteiger partial charge on any atom is -0.493 e. The lowest BCUT2D eigenvalue weighted by Crippen LogP contribution is -2.39. The van der Waals surface area contributed by atoms with Crippen LogP contribution in [0.15, 0.2) is 65.5 Å². The van der Waals surface area contributed by atoms with Crippen LogP contribution in [0.1, 0.15) is 34.6 Å². The molecule has 0 spiro atoms. The summed E-state index contributed by atoms with van der Waals surface area (Å²) >= 11 is 0. The maximum Gasteiger partial charge on any atom is 0.300 e. The first kappa shape index (κ1) is 21.1. The van der Waals surface area contributed by atoms with E-state index in [1.165, 1.54) is 14.2 Å². The predicted octanol–water partition coefficient (Wildman–Crippen LogP) is 4.07. The van der Waals surface area contributed by atoms with Gasteiger partial charge in [0.1, 0.15) is 0 Å². The van der Waals surface area contributed by atoms with Crippen LogP contribution in [-0.4, -0.2) is 34.9 Å². The van der Waals surface area contributed by atoms with Gasteiger partial charge < -0.3 is 9.47 Å². The van der Waals surface area contributed by atoms with Crippen molar-refractivity contribution >= 4 is 11.6 Å². The summed E-state index contributed by atoms with van der Waals surface area (Å²) in [6.07, 6.45) is 0.275. The van der Waals surface area contributed by atoms with Crippen LogP contribution < -0.4 is 19.9 Å². The van der Waals surface area contributed by atoms with Gasteiger partial charge in [-0.3, -0.25) is 14.5 Å². The standard InChI is InChI=1S/C27H22N4O4/c1-4-15-9-11-16(12-10-15)22-25(32)28-24-17-7-5-6-8-19(17)30-26(31(24)29-22)18-13-14-20(34-2)23(35-3)21(18)27(30)33/h5-14,26H,4H2,1-3H3/t26-/m0/s1. The Kier molecular flexibility index (Phi) is 4.70. The number of para-hydroxylation sites is 1. The number of ether oxygens (including phenoxy) is 2. The van der Waals surface area contributed by atoms with Crippen molar-refractivity contribution in [3.8, 4) is 34.1 Å². The molecule has 0 saturated carbocycles. The van der Waals surface area contributed by atoms with Crippen LogP contribution in [0, 0.1) is 0 Å². The molecule has 2 aliphatic heterocycles. The van der Waals surface area contributed by atoms with Gasteiger partial charge in [-0.1, -0.05) is 49.4 Å². The molecule has 0 saturated heterocycles. The summed E-state index contributed by atoms with van der Waals surface area (Å²) in [6.45, 7) is 2.08. The number of carbonyl (C=O) groups excluding carboxylic acids is 1. The number of aryl methyl sites for hydroxylation is 1. The summed E-state index contributed by atoms with van der Waals surface area (Å²) in [5, 5.41) is 4.79. The number of nitrogens with zero attached hydrogens (tertiary/aromatic N) is 4. The monoisotopic (exact) mass is 466 g/mol. The van der Waals surface area contributed by atoms with Crippen LogP contribution >= 0.6 is 0 Å². The van der Waals surface area contributed by atoms with Crippen molar-refractivity contribution in [1.29, 1.82) is 0 Å². The van der Waals surface area contributed by atoms with Gasteiger partial charge in [0, 0.05) is 16.7 Å². The summed E-state index contributed by atoms with van der Waals surface area (Å²) in [7, 11) is 3.05. The molecule has 0 bridgehead atoms. The number of hydrogen-bond donors (Lipinski definition) is 0. The molecular weight excluding hydrogens is 444 g/mol. The lowest BCUT2D eigenvalue weighted by molar-refractivity contribution is 0.0983. The molecule has 0 unspecified atom stereocenters. The second kappa shape index (κ2) is 7.80. The average Bonchev–Trinajstić information content (AvgIpc) is 3.20. The Hall–Kier alpha value is -4.46. The summed E-state index contributed by atoms with van der Waals surface area (Å²) < 4.78 is 12.7. The fourth-order valence-electron chi connectivity index (χ4n) is 4.94. The number of aromatic nitrogens is 3. The first-order valence-corrected chi connectivity index (χ1v) is 11.3. The molecule has 8 nitrogen and oxygen atoms in total. The number of benzene rings is 3. The summed E-state index contributed by atoms with van der Waals surface area (Å²) in [5.74, 6) is 1.02. The van der Waals surface area contributed by atoms with Gasteiger partial charge >= 0.3 is 0 Å². The van der Waals surface area contributed by atoms with Gasteiger partial charge in [-0.15, -0.1) is 0 Å². The van der Waals surface area contributed by atoms with E-state index in [1.807, 2.05) is 54.6 Å². The number of hydrogen-bond acceptors (Lipinski definition) is 6. The zero-order chi connectivity index (χ0) is 24.3. The van der Waals surface area contributed by atoms with Crippen molar-refractivity contribution in [3.63, 3.8) is 0 Å². The molecule has 1 amide bonds. The second-order valence-corrected chi connectivity index (χ2v) is 8.42. The Labute approximate surface area is 201 Å². The van der Waals surface area contributed by atoms with Crippen LogP contribution in [0.5, 0.6) is 11.5 Å². The molecule has 0 aliphatic carbocycles. The van der Waals surface area contributed by atoms with E-state index in [2.05, 4.69) is 11.9 Å². The Morgan fingerprint density at radius 2 is 1.71 bits per heavy atom. The molecule has 3 heterocycles. The molecule has 1 atom stereocenters. The first-order valence-electron chi connectivity index (χ1n) is 11.3. The topological polar surface area (TPSA) is 86.6 Å². The van der Waals surface area contributed by atoms with Gasteiger partial charge in [0.2, 0.25) is 0 Å². The molecular formula is C27H22N4O4. The van der Waals surface area contributed by atoms with Crippen LogP contribution in [-0.2, 0) is 6.42 Å². The maximum absolute atomic E-state index is 13.8. The largest absolute Gasteiger partial charge is 0.493 e. The van der Waals surface area contributed by atoms with Gasteiger partial charge in [-0.25, -0.2) is 4.68 Å². The van der Waals surface area contributed by atoms with E-state index in [9.17, 15) is 9.59 Å². The van der Waals surface area contributed by atoms with Gasteiger partial charge in [0.25, 0.3) is 11.5 Å². The molecule has 3 aromatic carbocycles. The minimum atomic E-state index is -0.621. The highest BCUT2D eigenvalue weighted by Gasteiger charge is 2.47. The zero-order valence-electron chi connectivity index (χ0n) is 19.5. The van der Waals surface area contributed by atoms with E-state index in [4.69, 9.17) is 14.6 Å². The van der Waals surface area contributed by atoms with E-state index in [-0.39, 0.29) is 11.6 Å². The zero-order valence-corrected chi connectivity index (χ0v) is 19.5. The molecule has 174 valence electrons. The highest BCUT2D eigenvalue weighted by molar-refractivity contribution is 6.15. The molecule has 6 rings (SSSR count). The van der Waals surface area contributed by atoms with E-state index in [1.54, 1.807) is 15.6 Å². The number of methoxy groups -OCH3 is 2. The van der Waals surface area contributed by atoms with Gasteiger partial charge in [-0.2, -0.15) is 10.1 Å². The molecule has 0 fully saturated rings. The maximum atomic E-state index is 13.8. The van der Waals surface area contributed by atoms with Crippen molar-refractivity contribution < 1.29 is 14.3 Å². The van der Waals surface area contributed by atoms with Crippen LogP contribution in [0.25, 0.3) is 22.6 Å². The van der Waals surface area contributed by atoms with Gasteiger partial charge in [0.15, 0.2) is 29.2 Å². The lowest BCUT2D eigenvalue weighted by atomic mass is 10.0. The highest BCUT2D eigenvalue weighted by atomic mass is 16.5. The highest BCUT2D eigenvalue weighted by Crippen LogP contribution is 2.50. The smallest absolute Gasteiger partial charge is 0.300 e. The number of carbonyl (C=O) groups is 1. The Balaban J connectivity index is 1.64. The van der Waals surface area contributed by atoms with Crippen molar-refractivity contribution in [2.75, 3.05) is 19.1 Å². The minimum absolute atomic E-state index is 0.229. The summed E-state index contributed by atoms with van der Waals surface area (Å²) in [4.78, 5) is 33.1. The van der Waals surface area contributed by atoms with Crippen molar-refractivity contribution in [3.05, 3.63) is 87.7 Å². The quantitative estimate of drug-likeness (QED) is 0.451. The molecule has 0 radical (unpaired) electrons. The van der Waals surface area contributed by atoms with Gasteiger partial charge in [-0.05, 0) is 30.2 Å². The fourth-order valence-corrected chi connectivity index (χ4v) is 4.94. The van der Waals surface area contributed by atoms with Crippen molar-refractivity contribution in [1.82, 2.24) is 14.8 Å². The van der Waals surface area contributed by atoms with Crippen LogP contribution in [0.4, 0.5) is 5.69 Å². The summed E-state index contributed by atoms with van der Waals surface area (Å²) in [6, 6.07) is 18.7. The number of anilines is 1. The van der Waals surface area contributed by atoms with E-state index in [0.717, 1.165) is 12.0 Å². The first-order chi connectivity index (χ1) is 17.1. The number of amides is 1. The third kappa shape index (κ3) is 2.92. The summed E-state index contributed by atoms with van der Waals surface area (Å²) in [5.41, 5.74) is 4.09. The predicted molar refractivity (Wildman–Crippen MR) is 131 cm³/mol. The van der Waals surface area contributed by atoms with E-state index in [0.29, 0.717) is 45.3 Å². The Morgan fingerprint density at radius 1 is 0.943 bits per heavy atom. The Morgan fingerprint density at radius 3 is 2.43 bits per heavy atom. The lowest BCUT2D eigenvalue weighted by Gasteiger charge is -2.34. The fraction of sp³-hybridized carbons (Fsp3) is 0.185. The van der Waals surface area contributed by atoms with Gasteiger partial charge in [0.05, 0.1) is 25.5 Å². The molecule has 0 N–H and O–H groups in total. The molecule has 4 aromatic rings. The third-order valence-electron chi connectivity index (χ3n) is 6.64. The van der Waals surface area contributed by atoms with Crippen LogP contribution in [0.2, 0.25) is 0 Å². The molecule has 2 aliphatic rings. The SMILES string of the molecule is CCc1ccc(-c2nn3c(nc2=O)-c2ccccc2N2C(=O)c4c(ccc(OC)c4OC)[C@@H]23)cc1. The van der Waals surface area contributed by atoms with Crippen molar-refractivity contribution in [2.24, 2.45) is 0 Å². The Bertz CT molecular complexity index is 1560. The molecule has 1 aromatic heterocycles. The van der Waals surface area contributed by atoms with Crippen molar-refractivity contribution in [2.45, 2.75) is 19.5 Å². The third-order valence-corrected chi connectivity index (χ3v) is 6.64. The normalized spacial score (nSPS) is 15.2. The second-order valence-electron chi connectivity index (χ2n) is 8.42. The molecule has 35 heavy (non-hydrogen) atoms. The molecule has 8 heteroatoms. The number of rotatable bonds is 4. The van der Waals surface area contributed by atoms with E-state index >= 15 is 0 Å². The van der Waals surface area contributed by atoms with E-state index < -0.39 is 11.7 Å². The van der Waals surface area contributed by atoms with Crippen LogP contribution in [0.3, 0.4) is 0 Å².